The van der Waals surface area contributed by atoms with Gasteiger partial charge in [-0.05, 0) is 18.1 Å². The van der Waals surface area contributed by atoms with Crippen molar-refractivity contribution in [2.45, 2.75) is 13.5 Å². The molecular formula is C23H25N5O. The van der Waals surface area contributed by atoms with Crippen molar-refractivity contribution < 1.29 is 4.79 Å². The van der Waals surface area contributed by atoms with E-state index in [2.05, 4.69) is 35.3 Å². The second-order valence-corrected chi connectivity index (χ2v) is 7.21. The summed E-state index contributed by atoms with van der Waals surface area (Å²) in [6.45, 7) is 5.77. The Morgan fingerprint density at radius 3 is 2.41 bits per heavy atom. The summed E-state index contributed by atoms with van der Waals surface area (Å²) in [5, 5.41) is 3.47. The number of aromatic nitrogens is 2. The smallest absolute Gasteiger partial charge is 0.209 e. The van der Waals surface area contributed by atoms with Crippen LogP contribution in [0.5, 0.6) is 0 Å². The zero-order valence-electron chi connectivity index (χ0n) is 16.6. The number of carbonyl (C=O) groups excluding carboxylic acids is 1. The number of hydrogen-bond donors (Lipinski definition) is 1. The molecule has 0 atom stereocenters. The molecule has 29 heavy (non-hydrogen) atoms. The Kier molecular flexibility index (Phi) is 5.70. The average molecular weight is 387 g/mol. The highest BCUT2D eigenvalue weighted by Gasteiger charge is 2.18. The van der Waals surface area contributed by atoms with Crippen LogP contribution in [0.3, 0.4) is 0 Å². The summed E-state index contributed by atoms with van der Waals surface area (Å²) >= 11 is 0. The first-order valence-electron chi connectivity index (χ1n) is 9.90. The number of anilines is 2. The highest BCUT2D eigenvalue weighted by atomic mass is 16.1. The fourth-order valence-electron chi connectivity index (χ4n) is 3.45. The SMILES string of the molecule is Cc1ccccc1CNc1cc(N2CCN(C=O)CC2)nc(-c2ccccc2)n1. The van der Waals surface area contributed by atoms with Crippen LogP contribution >= 0.6 is 0 Å². The van der Waals surface area contributed by atoms with Crippen LogP contribution in [0.2, 0.25) is 0 Å². The fourth-order valence-corrected chi connectivity index (χ4v) is 3.45. The summed E-state index contributed by atoms with van der Waals surface area (Å²) in [7, 11) is 0. The van der Waals surface area contributed by atoms with Crippen molar-refractivity contribution in [1.29, 1.82) is 0 Å². The maximum absolute atomic E-state index is 11.0. The zero-order chi connectivity index (χ0) is 20.1. The Bertz CT molecular complexity index is 968. The van der Waals surface area contributed by atoms with Gasteiger partial charge in [0.05, 0.1) is 0 Å². The van der Waals surface area contributed by atoms with E-state index in [-0.39, 0.29) is 0 Å². The van der Waals surface area contributed by atoms with E-state index in [1.54, 1.807) is 4.90 Å². The van der Waals surface area contributed by atoms with Gasteiger partial charge in [-0.1, -0.05) is 54.6 Å². The molecule has 148 valence electrons. The number of nitrogens with zero attached hydrogens (tertiary/aromatic N) is 4. The summed E-state index contributed by atoms with van der Waals surface area (Å²) in [4.78, 5) is 24.6. The van der Waals surface area contributed by atoms with Crippen LogP contribution in [0.15, 0.2) is 60.7 Å². The summed E-state index contributed by atoms with van der Waals surface area (Å²) in [5.74, 6) is 2.39. The molecule has 6 heteroatoms. The summed E-state index contributed by atoms with van der Waals surface area (Å²) < 4.78 is 0. The molecule has 0 bridgehead atoms. The van der Waals surface area contributed by atoms with Crippen LogP contribution in [-0.4, -0.2) is 47.5 Å². The maximum Gasteiger partial charge on any atom is 0.209 e. The predicted octanol–water partition coefficient (Wildman–Crippen LogP) is 3.34. The molecule has 6 nitrogen and oxygen atoms in total. The monoisotopic (exact) mass is 387 g/mol. The lowest BCUT2D eigenvalue weighted by Crippen LogP contribution is -2.46. The average Bonchev–Trinajstić information content (AvgIpc) is 2.79. The van der Waals surface area contributed by atoms with Crippen molar-refractivity contribution in [2.75, 3.05) is 36.4 Å². The molecule has 0 aliphatic carbocycles. The number of carbonyl (C=O) groups is 1. The summed E-state index contributed by atoms with van der Waals surface area (Å²) in [5.41, 5.74) is 3.48. The maximum atomic E-state index is 11.0. The van der Waals surface area contributed by atoms with Gasteiger partial charge >= 0.3 is 0 Å². The lowest BCUT2D eigenvalue weighted by molar-refractivity contribution is -0.118. The van der Waals surface area contributed by atoms with Gasteiger partial charge in [0.2, 0.25) is 6.41 Å². The van der Waals surface area contributed by atoms with Crippen molar-refractivity contribution in [3.8, 4) is 11.4 Å². The number of benzene rings is 2. The van der Waals surface area contributed by atoms with E-state index >= 15 is 0 Å². The first-order chi connectivity index (χ1) is 14.2. The third-order valence-electron chi connectivity index (χ3n) is 5.25. The first-order valence-corrected chi connectivity index (χ1v) is 9.90. The summed E-state index contributed by atoms with van der Waals surface area (Å²) in [6.07, 6.45) is 0.919. The van der Waals surface area contributed by atoms with Crippen molar-refractivity contribution in [1.82, 2.24) is 14.9 Å². The minimum atomic E-state index is 0.702. The highest BCUT2D eigenvalue weighted by molar-refractivity contribution is 5.62. The van der Waals surface area contributed by atoms with Gasteiger partial charge in [-0.15, -0.1) is 0 Å². The lowest BCUT2D eigenvalue weighted by Gasteiger charge is -2.33. The van der Waals surface area contributed by atoms with Gasteiger partial charge in [-0.2, -0.15) is 0 Å². The number of aryl methyl sites for hydroxylation is 1. The molecule has 0 radical (unpaired) electrons. The molecule has 0 unspecified atom stereocenters. The van der Waals surface area contributed by atoms with Gasteiger partial charge in [0.1, 0.15) is 11.6 Å². The van der Waals surface area contributed by atoms with Crippen LogP contribution < -0.4 is 10.2 Å². The molecule has 1 amide bonds. The molecule has 1 aliphatic rings. The Balaban J connectivity index is 1.61. The Morgan fingerprint density at radius 1 is 0.966 bits per heavy atom. The van der Waals surface area contributed by atoms with Crippen molar-refractivity contribution in [2.24, 2.45) is 0 Å². The quantitative estimate of drug-likeness (QED) is 0.658. The predicted molar refractivity (Wildman–Crippen MR) is 116 cm³/mol. The van der Waals surface area contributed by atoms with E-state index in [0.717, 1.165) is 36.7 Å². The van der Waals surface area contributed by atoms with Crippen LogP contribution in [0.1, 0.15) is 11.1 Å². The van der Waals surface area contributed by atoms with E-state index in [1.807, 2.05) is 42.5 Å². The van der Waals surface area contributed by atoms with Crippen LogP contribution in [0.4, 0.5) is 11.6 Å². The lowest BCUT2D eigenvalue weighted by atomic mass is 10.1. The van der Waals surface area contributed by atoms with Gasteiger partial charge in [0.25, 0.3) is 0 Å². The molecule has 2 heterocycles. The van der Waals surface area contributed by atoms with Gasteiger partial charge in [0, 0.05) is 44.4 Å². The van der Waals surface area contributed by atoms with Gasteiger partial charge in [-0.25, -0.2) is 9.97 Å². The third-order valence-corrected chi connectivity index (χ3v) is 5.25. The van der Waals surface area contributed by atoms with Gasteiger partial charge in [0.15, 0.2) is 5.82 Å². The van der Waals surface area contributed by atoms with Crippen LogP contribution in [0, 0.1) is 6.92 Å². The number of amides is 1. The Labute approximate surface area is 171 Å². The van der Waals surface area contributed by atoms with Crippen molar-refractivity contribution >= 4 is 18.0 Å². The van der Waals surface area contributed by atoms with Crippen LogP contribution in [0.25, 0.3) is 11.4 Å². The molecule has 1 N–H and O–H groups in total. The van der Waals surface area contributed by atoms with E-state index in [9.17, 15) is 4.79 Å². The second-order valence-electron chi connectivity index (χ2n) is 7.21. The normalized spacial score (nSPS) is 14.0. The number of nitrogens with one attached hydrogen (secondary N) is 1. The molecule has 1 aliphatic heterocycles. The van der Waals surface area contributed by atoms with Crippen molar-refractivity contribution in [3.05, 3.63) is 71.8 Å². The third kappa shape index (κ3) is 4.54. The largest absolute Gasteiger partial charge is 0.366 e. The van der Waals surface area contributed by atoms with E-state index in [1.165, 1.54) is 11.1 Å². The second kappa shape index (κ2) is 8.73. The standard InChI is InChI=1S/C23H25N5O/c1-18-7-5-6-10-20(18)16-24-21-15-22(28-13-11-27(17-29)12-14-28)26-23(25-21)19-8-3-2-4-9-19/h2-10,15,17H,11-14,16H2,1H3,(H,24,25,26). The van der Waals surface area contributed by atoms with E-state index < -0.39 is 0 Å². The Hall–Kier alpha value is -3.41. The van der Waals surface area contributed by atoms with Gasteiger partial charge < -0.3 is 15.1 Å². The molecule has 0 spiro atoms. The molecular weight excluding hydrogens is 362 g/mol. The van der Waals surface area contributed by atoms with Crippen LogP contribution in [-0.2, 0) is 11.3 Å². The molecule has 4 rings (SSSR count). The van der Waals surface area contributed by atoms with Gasteiger partial charge in [-0.3, -0.25) is 4.79 Å². The number of hydrogen-bond acceptors (Lipinski definition) is 5. The topological polar surface area (TPSA) is 61.4 Å². The molecule has 1 fully saturated rings. The Morgan fingerprint density at radius 2 is 1.69 bits per heavy atom. The minimum absolute atomic E-state index is 0.702. The molecule has 1 aromatic heterocycles. The highest BCUT2D eigenvalue weighted by Crippen LogP contribution is 2.24. The van der Waals surface area contributed by atoms with E-state index in [0.29, 0.717) is 25.5 Å². The summed E-state index contributed by atoms with van der Waals surface area (Å²) in [6, 6.07) is 20.4. The number of rotatable bonds is 6. The molecule has 0 saturated carbocycles. The van der Waals surface area contributed by atoms with Crippen molar-refractivity contribution in [3.63, 3.8) is 0 Å². The fraction of sp³-hybridized carbons (Fsp3) is 0.261. The minimum Gasteiger partial charge on any atom is -0.366 e. The molecule has 2 aromatic carbocycles. The number of piperazine rings is 1. The van der Waals surface area contributed by atoms with E-state index in [4.69, 9.17) is 9.97 Å². The first kappa shape index (κ1) is 18.9. The molecule has 1 saturated heterocycles. The molecule has 3 aromatic rings. The zero-order valence-corrected chi connectivity index (χ0v) is 16.6.